The zero-order valence-corrected chi connectivity index (χ0v) is 10.2. The van der Waals surface area contributed by atoms with E-state index < -0.39 is 0 Å². The van der Waals surface area contributed by atoms with Crippen molar-refractivity contribution in [3.05, 3.63) is 53.9 Å². The molecule has 19 heavy (non-hydrogen) atoms. The topological polar surface area (TPSA) is 60.9 Å². The number of hydrogen-bond donors (Lipinski definition) is 3. The molecule has 0 radical (unpaired) electrons. The number of hydrogen-bond acceptors (Lipinski definition) is 3. The molecular weight excluding hydrogens is 238 g/mol. The van der Waals surface area contributed by atoms with Crippen molar-refractivity contribution in [2.24, 2.45) is 0 Å². The molecule has 1 atom stereocenters. The Labute approximate surface area is 110 Å². The van der Waals surface area contributed by atoms with Gasteiger partial charge in [-0.3, -0.25) is 0 Å². The number of aromatic nitrogens is 2. The van der Waals surface area contributed by atoms with E-state index in [4.69, 9.17) is 0 Å². The Morgan fingerprint density at radius 1 is 1.16 bits per heavy atom. The molecule has 3 aromatic rings. The van der Waals surface area contributed by atoms with E-state index >= 15 is 0 Å². The Morgan fingerprint density at radius 3 is 2.95 bits per heavy atom. The molecule has 4 rings (SSSR count). The fourth-order valence-corrected chi connectivity index (χ4v) is 2.65. The highest BCUT2D eigenvalue weighted by atomic mass is 16.3. The molecular formula is C15H13N3O. The SMILES string of the molecule is Oc1ccc2nc(C3Cc4ccccc4N3)[nH]c2c1. The highest BCUT2D eigenvalue weighted by Gasteiger charge is 2.24. The van der Waals surface area contributed by atoms with Crippen LogP contribution in [-0.2, 0) is 6.42 Å². The molecule has 0 spiro atoms. The largest absolute Gasteiger partial charge is 0.508 e. The first-order valence-electron chi connectivity index (χ1n) is 6.33. The van der Waals surface area contributed by atoms with Crippen LogP contribution in [0.1, 0.15) is 17.4 Å². The van der Waals surface area contributed by atoms with Crippen molar-refractivity contribution >= 4 is 16.7 Å². The summed E-state index contributed by atoms with van der Waals surface area (Å²) < 4.78 is 0. The fraction of sp³-hybridized carbons (Fsp3) is 0.133. The van der Waals surface area contributed by atoms with Crippen molar-refractivity contribution in [3.63, 3.8) is 0 Å². The first-order chi connectivity index (χ1) is 9.29. The average Bonchev–Trinajstić information content (AvgIpc) is 3.00. The van der Waals surface area contributed by atoms with Gasteiger partial charge < -0.3 is 15.4 Å². The van der Waals surface area contributed by atoms with Gasteiger partial charge in [0.05, 0.1) is 17.1 Å². The lowest BCUT2D eigenvalue weighted by Gasteiger charge is -2.06. The Kier molecular flexibility index (Phi) is 2.06. The number of imidazole rings is 1. The van der Waals surface area contributed by atoms with Crippen molar-refractivity contribution in [1.29, 1.82) is 0 Å². The summed E-state index contributed by atoms with van der Waals surface area (Å²) in [6, 6.07) is 13.7. The number of H-pyrrole nitrogens is 1. The standard InChI is InChI=1S/C15H13N3O/c19-10-5-6-12-13(8-10)18-15(17-12)14-7-9-3-1-2-4-11(9)16-14/h1-6,8,14,16,19H,7H2,(H,17,18). The maximum absolute atomic E-state index is 9.48. The van der Waals surface area contributed by atoms with E-state index in [0.29, 0.717) is 0 Å². The second kappa shape index (κ2) is 3.75. The lowest BCUT2D eigenvalue weighted by molar-refractivity contribution is 0.476. The predicted molar refractivity (Wildman–Crippen MR) is 74.3 cm³/mol. The van der Waals surface area contributed by atoms with E-state index in [9.17, 15) is 5.11 Å². The molecule has 3 N–H and O–H groups in total. The van der Waals surface area contributed by atoms with Crippen LogP contribution < -0.4 is 5.32 Å². The van der Waals surface area contributed by atoms with E-state index in [1.54, 1.807) is 12.1 Å². The molecule has 1 aromatic heterocycles. The molecule has 4 nitrogen and oxygen atoms in total. The Hall–Kier alpha value is -2.49. The fourth-order valence-electron chi connectivity index (χ4n) is 2.65. The minimum absolute atomic E-state index is 0.173. The summed E-state index contributed by atoms with van der Waals surface area (Å²) >= 11 is 0. The minimum atomic E-state index is 0.173. The number of benzene rings is 2. The van der Waals surface area contributed by atoms with Gasteiger partial charge in [0, 0.05) is 18.2 Å². The second-order valence-corrected chi connectivity index (χ2v) is 4.88. The van der Waals surface area contributed by atoms with Crippen LogP contribution in [-0.4, -0.2) is 15.1 Å². The van der Waals surface area contributed by atoms with Gasteiger partial charge in [-0.15, -0.1) is 0 Å². The van der Waals surface area contributed by atoms with Gasteiger partial charge in [0.1, 0.15) is 11.6 Å². The quantitative estimate of drug-likeness (QED) is 0.623. The third kappa shape index (κ3) is 1.64. The maximum atomic E-state index is 9.48. The van der Waals surface area contributed by atoms with Crippen LogP contribution in [0.3, 0.4) is 0 Å². The van der Waals surface area contributed by atoms with Crippen molar-refractivity contribution in [2.45, 2.75) is 12.5 Å². The van der Waals surface area contributed by atoms with Crippen LogP contribution in [0.15, 0.2) is 42.5 Å². The summed E-state index contributed by atoms with van der Waals surface area (Å²) in [7, 11) is 0. The first-order valence-corrected chi connectivity index (χ1v) is 6.33. The number of aromatic amines is 1. The third-order valence-electron chi connectivity index (χ3n) is 3.58. The van der Waals surface area contributed by atoms with E-state index in [-0.39, 0.29) is 11.8 Å². The number of nitrogens with zero attached hydrogens (tertiary/aromatic N) is 1. The molecule has 0 bridgehead atoms. The van der Waals surface area contributed by atoms with Gasteiger partial charge in [-0.25, -0.2) is 4.98 Å². The number of para-hydroxylation sites is 1. The van der Waals surface area contributed by atoms with Crippen LogP contribution in [0, 0.1) is 0 Å². The molecule has 2 aromatic carbocycles. The van der Waals surface area contributed by atoms with E-state index in [0.717, 1.165) is 23.3 Å². The monoisotopic (exact) mass is 251 g/mol. The van der Waals surface area contributed by atoms with Gasteiger partial charge in [-0.1, -0.05) is 18.2 Å². The zero-order chi connectivity index (χ0) is 12.8. The van der Waals surface area contributed by atoms with Crippen molar-refractivity contribution in [1.82, 2.24) is 9.97 Å². The number of rotatable bonds is 1. The molecule has 0 aliphatic carbocycles. The number of aromatic hydroxyl groups is 1. The molecule has 2 heterocycles. The number of nitrogens with one attached hydrogen (secondary N) is 2. The van der Waals surface area contributed by atoms with Crippen LogP contribution >= 0.6 is 0 Å². The number of anilines is 1. The van der Waals surface area contributed by atoms with Crippen molar-refractivity contribution in [3.8, 4) is 5.75 Å². The minimum Gasteiger partial charge on any atom is -0.508 e. The first kappa shape index (κ1) is 10.4. The zero-order valence-electron chi connectivity index (χ0n) is 10.2. The van der Waals surface area contributed by atoms with Crippen molar-refractivity contribution in [2.75, 3.05) is 5.32 Å². The van der Waals surface area contributed by atoms with Crippen LogP contribution in [0.2, 0.25) is 0 Å². The molecule has 1 aliphatic heterocycles. The van der Waals surface area contributed by atoms with Gasteiger partial charge in [-0.05, 0) is 23.8 Å². The summed E-state index contributed by atoms with van der Waals surface area (Å²) in [6.45, 7) is 0. The summed E-state index contributed by atoms with van der Waals surface area (Å²) in [5.41, 5.74) is 4.24. The summed E-state index contributed by atoms with van der Waals surface area (Å²) in [5, 5.41) is 13.0. The smallest absolute Gasteiger partial charge is 0.130 e. The van der Waals surface area contributed by atoms with Gasteiger partial charge in [-0.2, -0.15) is 0 Å². The summed E-state index contributed by atoms with van der Waals surface area (Å²) in [6.07, 6.45) is 0.933. The van der Waals surface area contributed by atoms with Gasteiger partial charge in [0.25, 0.3) is 0 Å². The van der Waals surface area contributed by atoms with E-state index in [1.807, 2.05) is 12.1 Å². The lowest BCUT2D eigenvalue weighted by Crippen LogP contribution is -2.07. The highest BCUT2D eigenvalue weighted by molar-refractivity contribution is 5.77. The van der Waals surface area contributed by atoms with Crippen LogP contribution in [0.4, 0.5) is 5.69 Å². The van der Waals surface area contributed by atoms with Crippen LogP contribution in [0.5, 0.6) is 5.75 Å². The number of phenols is 1. The average molecular weight is 251 g/mol. The third-order valence-corrected chi connectivity index (χ3v) is 3.58. The maximum Gasteiger partial charge on any atom is 0.130 e. The predicted octanol–water partition coefficient (Wildman–Crippen LogP) is 2.98. The van der Waals surface area contributed by atoms with Gasteiger partial charge in [0.2, 0.25) is 0 Å². The molecule has 4 heteroatoms. The summed E-state index contributed by atoms with van der Waals surface area (Å²) in [4.78, 5) is 7.87. The molecule has 0 saturated carbocycles. The number of phenolic OH excluding ortho intramolecular Hbond substituents is 1. The molecule has 1 aliphatic rings. The molecule has 0 fully saturated rings. The lowest BCUT2D eigenvalue weighted by atomic mass is 10.1. The van der Waals surface area contributed by atoms with Gasteiger partial charge >= 0.3 is 0 Å². The molecule has 0 amide bonds. The van der Waals surface area contributed by atoms with E-state index in [2.05, 4.69) is 33.5 Å². The number of fused-ring (bicyclic) bond motifs is 2. The van der Waals surface area contributed by atoms with Crippen LogP contribution in [0.25, 0.3) is 11.0 Å². The van der Waals surface area contributed by atoms with Gasteiger partial charge in [0.15, 0.2) is 0 Å². The van der Waals surface area contributed by atoms with Crippen molar-refractivity contribution < 1.29 is 5.11 Å². The normalized spacial score (nSPS) is 17.4. The molecule has 94 valence electrons. The highest BCUT2D eigenvalue weighted by Crippen LogP contribution is 2.33. The molecule has 1 unspecified atom stereocenters. The van der Waals surface area contributed by atoms with E-state index in [1.165, 1.54) is 11.3 Å². The summed E-state index contributed by atoms with van der Waals surface area (Å²) in [5.74, 6) is 1.17. The Morgan fingerprint density at radius 2 is 2.05 bits per heavy atom. The Balaban J connectivity index is 1.73. The Bertz CT molecular complexity index is 738. The molecule has 0 saturated heterocycles. The second-order valence-electron chi connectivity index (χ2n) is 4.88.